The zero-order valence-electron chi connectivity index (χ0n) is 15.5. The zero-order valence-corrected chi connectivity index (χ0v) is 15.5. The van der Waals surface area contributed by atoms with Crippen LogP contribution in [0.2, 0.25) is 0 Å². The summed E-state index contributed by atoms with van der Waals surface area (Å²) in [4.78, 5) is 12.1. The highest BCUT2D eigenvalue weighted by molar-refractivity contribution is 6.62. The molecule has 1 aliphatic heterocycles. The second kappa shape index (κ2) is 6.85. The van der Waals surface area contributed by atoms with Crippen molar-refractivity contribution in [1.29, 1.82) is 0 Å². The van der Waals surface area contributed by atoms with Crippen LogP contribution in [0.5, 0.6) is 0 Å². The predicted molar refractivity (Wildman–Crippen MR) is 101 cm³/mol. The first-order valence-corrected chi connectivity index (χ1v) is 8.66. The van der Waals surface area contributed by atoms with Crippen LogP contribution in [-0.4, -0.2) is 24.2 Å². The van der Waals surface area contributed by atoms with Gasteiger partial charge in [0.2, 0.25) is 5.91 Å². The molecule has 136 valence electrons. The van der Waals surface area contributed by atoms with Gasteiger partial charge in [-0.1, -0.05) is 30.3 Å². The number of hydrogen-bond acceptors (Lipinski definition) is 3. The maximum Gasteiger partial charge on any atom is 0.494 e. The van der Waals surface area contributed by atoms with Crippen LogP contribution in [0.1, 0.15) is 33.3 Å². The van der Waals surface area contributed by atoms with E-state index in [0.29, 0.717) is 5.69 Å². The van der Waals surface area contributed by atoms with E-state index in [4.69, 9.17) is 9.31 Å². The van der Waals surface area contributed by atoms with E-state index < -0.39 is 7.12 Å². The van der Waals surface area contributed by atoms with Crippen molar-refractivity contribution in [2.75, 3.05) is 5.32 Å². The second-order valence-electron chi connectivity index (χ2n) is 7.57. The van der Waals surface area contributed by atoms with E-state index >= 15 is 0 Å². The molecule has 1 heterocycles. The van der Waals surface area contributed by atoms with Crippen molar-refractivity contribution in [1.82, 2.24) is 0 Å². The largest absolute Gasteiger partial charge is 0.494 e. The summed E-state index contributed by atoms with van der Waals surface area (Å²) in [6.07, 6.45) is 0.208. The Labute approximate surface area is 153 Å². The fourth-order valence-corrected chi connectivity index (χ4v) is 2.73. The van der Waals surface area contributed by atoms with Crippen LogP contribution in [0.15, 0.2) is 48.5 Å². The van der Waals surface area contributed by atoms with E-state index in [0.717, 1.165) is 11.0 Å². The van der Waals surface area contributed by atoms with E-state index in [1.165, 1.54) is 12.1 Å². The minimum atomic E-state index is -0.421. The lowest BCUT2D eigenvalue weighted by Crippen LogP contribution is -2.41. The molecule has 0 bridgehead atoms. The minimum absolute atomic E-state index is 0.195. The number of anilines is 1. The van der Waals surface area contributed by atoms with E-state index in [9.17, 15) is 9.18 Å². The van der Waals surface area contributed by atoms with Crippen LogP contribution in [0.3, 0.4) is 0 Å². The van der Waals surface area contributed by atoms with Crippen LogP contribution in [0.25, 0.3) is 0 Å². The molecule has 6 heteroatoms. The van der Waals surface area contributed by atoms with Gasteiger partial charge in [0.15, 0.2) is 0 Å². The highest BCUT2D eigenvalue weighted by atomic mass is 19.1. The molecule has 26 heavy (non-hydrogen) atoms. The van der Waals surface area contributed by atoms with Crippen molar-refractivity contribution < 1.29 is 18.5 Å². The second-order valence-corrected chi connectivity index (χ2v) is 7.57. The number of rotatable bonds is 4. The number of halogens is 1. The normalized spacial score (nSPS) is 18.0. The van der Waals surface area contributed by atoms with Crippen molar-refractivity contribution in [2.24, 2.45) is 0 Å². The molecule has 0 saturated carbocycles. The molecule has 3 rings (SSSR count). The van der Waals surface area contributed by atoms with Gasteiger partial charge in [-0.15, -0.1) is 0 Å². The third kappa shape index (κ3) is 3.97. The van der Waals surface area contributed by atoms with Gasteiger partial charge in [0.25, 0.3) is 0 Å². The summed E-state index contributed by atoms with van der Waals surface area (Å²) in [7, 11) is -0.421. The Morgan fingerprint density at radius 3 is 2.23 bits per heavy atom. The molecule has 0 atom stereocenters. The predicted octanol–water partition coefficient (Wildman–Crippen LogP) is 3.31. The maximum absolute atomic E-state index is 13.2. The fraction of sp³-hybridized carbons (Fsp3) is 0.350. The van der Waals surface area contributed by atoms with Crippen LogP contribution in [0.4, 0.5) is 10.1 Å². The Kier molecular flexibility index (Phi) is 4.91. The van der Waals surface area contributed by atoms with Gasteiger partial charge < -0.3 is 14.6 Å². The first kappa shape index (κ1) is 18.6. The van der Waals surface area contributed by atoms with Gasteiger partial charge in [0, 0.05) is 5.69 Å². The molecule has 0 aliphatic carbocycles. The van der Waals surface area contributed by atoms with Crippen molar-refractivity contribution in [2.45, 2.75) is 45.3 Å². The average molecular weight is 355 g/mol. The van der Waals surface area contributed by atoms with E-state index in [1.54, 1.807) is 12.1 Å². The molecule has 1 amide bonds. The average Bonchev–Trinajstić information content (AvgIpc) is 2.76. The van der Waals surface area contributed by atoms with Crippen LogP contribution < -0.4 is 10.8 Å². The van der Waals surface area contributed by atoms with Gasteiger partial charge >= 0.3 is 7.12 Å². The van der Waals surface area contributed by atoms with Crippen molar-refractivity contribution in [3.8, 4) is 0 Å². The Balaban J connectivity index is 1.62. The summed E-state index contributed by atoms with van der Waals surface area (Å²) in [6.45, 7) is 8.05. The van der Waals surface area contributed by atoms with Crippen LogP contribution >= 0.6 is 0 Å². The van der Waals surface area contributed by atoms with Gasteiger partial charge in [-0.3, -0.25) is 4.79 Å². The molecule has 0 radical (unpaired) electrons. The van der Waals surface area contributed by atoms with Crippen molar-refractivity contribution >= 4 is 24.2 Å². The fourth-order valence-electron chi connectivity index (χ4n) is 2.73. The molecule has 1 fully saturated rings. The van der Waals surface area contributed by atoms with Crippen LogP contribution in [-0.2, 0) is 20.5 Å². The lowest BCUT2D eigenvalue weighted by Gasteiger charge is -2.32. The molecule has 4 nitrogen and oxygen atoms in total. The van der Waals surface area contributed by atoms with Gasteiger partial charge in [0.1, 0.15) is 5.82 Å². The van der Waals surface area contributed by atoms with Gasteiger partial charge in [-0.25, -0.2) is 4.39 Å². The highest BCUT2D eigenvalue weighted by Gasteiger charge is 2.51. The molecule has 2 aromatic rings. The van der Waals surface area contributed by atoms with E-state index in [-0.39, 0.29) is 29.3 Å². The molecule has 0 aromatic heterocycles. The first-order chi connectivity index (χ1) is 12.2. The monoisotopic (exact) mass is 355 g/mol. The molecular weight excluding hydrogens is 332 g/mol. The summed E-state index contributed by atoms with van der Waals surface area (Å²) < 4.78 is 25.2. The third-order valence-corrected chi connectivity index (χ3v) is 4.98. The van der Waals surface area contributed by atoms with Crippen molar-refractivity contribution in [3.63, 3.8) is 0 Å². The zero-order chi connectivity index (χ0) is 18.9. The Morgan fingerprint density at radius 2 is 1.65 bits per heavy atom. The summed E-state index contributed by atoms with van der Waals surface area (Å²) >= 11 is 0. The summed E-state index contributed by atoms with van der Waals surface area (Å²) in [6, 6.07) is 13.4. The smallest absolute Gasteiger partial charge is 0.399 e. The minimum Gasteiger partial charge on any atom is -0.399 e. The number of carbonyl (C=O) groups is 1. The van der Waals surface area contributed by atoms with Gasteiger partial charge in [-0.2, -0.15) is 0 Å². The quantitative estimate of drug-likeness (QED) is 0.856. The van der Waals surface area contributed by atoms with Crippen molar-refractivity contribution in [3.05, 3.63) is 59.9 Å². The SMILES string of the molecule is CC1(C)OB(c2ccc(CC(=O)Nc3cccc(F)c3)cc2)OC1(C)C. The molecule has 2 aromatic carbocycles. The Hall–Kier alpha value is -2.18. The molecule has 1 aliphatic rings. The summed E-state index contributed by atoms with van der Waals surface area (Å²) in [5.41, 5.74) is 1.45. The first-order valence-electron chi connectivity index (χ1n) is 8.66. The molecule has 0 unspecified atom stereocenters. The Bertz CT molecular complexity index is 789. The number of benzene rings is 2. The highest BCUT2D eigenvalue weighted by Crippen LogP contribution is 2.36. The molecule has 1 saturated heterocycles. The molecular formula is C20H23BFNO3. The van der Waals surface area contributed by atoms with E-state index in [2.05, 4.69) is 5.32 Å². The number of hydrogen-bond donors (Lipinski definition) is 1. The van der Waals surface area contributed by atoms with E-state index in [1.807, 2.05) is 52.0 Å². The summed E-state index contributed by atoms with van der Waals surface area (Å²) in [5, 5.41) is 2.69. The number of carbonyl (C=O) groups excluding carboxylic acids is 1. The lowest BCUT2D eigenvalue weighted by atomic mass is 9.79. The van der Waals surface area contributed by atoms with Crippen LogP contribution in [0, 0.1) is 5.82 Å². The topological polar surface area (TPSA) is 47.6 Å². The van der Waals surface area contributed by atoms with Gasteiger partial charge in [-0.05, 0) is 56.9 Å². The standard InChI is InChI=1S/C20H23BFNO3/c1-19(2)20(3,4)26-21(25-19)15-10-8-14(9-11-15)12-18(24)23-17-7-5-6-16(22)13-17/h5-11,13H,12H2,1-4H3,(H,23,24). The van der Waals surface area contributed by atoms with Gasteiger partial charge in [0.05, 0.1) is 17.6 Å². The third-order valence-electron chi connectivity index (χ3n) is 4.98. The molecule has 1 N–H and O–H groups in total. The lowest BCUT2D eigenvalue weighted by molar-refractivity contribution is -0.115. The summed E-state index contributed by atoms with van der Waals surface area (Å²) in [5.74, 6) is -0.575. The Morgan fingerprint density at radius 1 is 1.04 bits per heavy atom. The molecule has 0 spiro atoms. The number of amides is 1. The maximum atomic E-state index is 13.2. The number of nitrogens with one attached hydrogen (secondary N) is 1.